The average Bonchev–Trinajstić information content (AvgIpc) is 3.33. The Kier molecular flexibility index (Phi) is 6.63. The van der Waals surface area contributed by atoms with Gasteiger partial charge in [0.25, 0.3) is 0 Å². The lowest BCUT2D eigenvalue weighted by Gasteiger charge is -2.40. The normalized spacial score (nSPS) is 20.4. The number of rotatable bonds is 6. The number of aliphatic hydroxyl groups is 1. The Hall–Kier alpha value is -3.34. The lowest BCUT2D eigenvalue weighted by molar-refractivity contribution is -0.137. The number of nitrogens with one attached hydrogen (secondary N) is 2. The molecular weight excluding hydrogens is 493 g/mol. The van der Waals surface area contributed by atoms with Crippen molar-refractivity contribution in [3.63, 3.8) is 0 Å². The number of aromatic nitrogens is 1. The zero-order valence-electron chi connectivity index (χ0n) is 21.0. The molecule has 6 rings (SSSR count). The molecule has 1 unspecified atom stereocenters. The van der Waals surface area contributed by atoms with E-state index < -0.39 is 18.1 Å². The summed E-state index contributed by atoms with van der Waals surface area (Å²) in [6, 6.07) is 17.0. The first-order valence-electron chi connectivity index (χ1n) is 13.0. The number of anilines is 3. The maximum absolute atomic E-state index is 13.3. The minimum atomic E-state index is -4.43. The van der Waals surface area contributed by atoms with Crippen LogP contribution in [0.25, 0.3) is 11.3 Å². The molecule has 0 radical (unpaired) electrons. The van der Waals surface area contributed by atoms with Crippen LogP contribution in [-0.2, 0) is 12.7 Å². The first-order chi connectivity index (χ1) is 18.3. The Bertz CT molecular complexity index is 1300. The van der Waals surface area contributed by atoms with Crippen molar-refractivity contribution in [1.29, 1.82) is 0 Å². The van der Waals surface area contributed by atoms with E-state index in [0.29, 0.717) is 17.1 Å². The average molecular weight is 525 g/mol. The summed E-state index contributed by atoms with van der Waals surface area (Å²) in [5, 5.41) is 18.0. The fourth-order valence-corrected chi connectivity index (χ4v) is 5.68. The van der Waals surface area contributed by atoms with E-state index in [0.717, 1.165) is 75.7 Å². The van der Waals surface area contributed by atoms with Gasteiger partial charge in [-0.2, -0.15) is 13.2 Å². The maximum Gasteiger partial charge on any atom is 0.416 e. The molecule has 2 atom stereocenters. The fraction of sp³-hybridized carbons (Fsp3) is 0.393. The molecule has 7 nitrogen and oxygen atoms in total. The molecule has 2 fully saturated rings. The van der Waals surface area contributed by atoms with Crippen molar-refractivity contribution in [2.24, 2.45) is 0 Å². The number of pyridine rings is 1. The van der Waals surface area contributed by atoms with Crippen molar-refractivity contribution in [2.75, 3.05) is 54.4 Å². The standard InChI is InChI=1S/C28H31F3N6O/c29-28(30,31)21-5-2-4-20(16-21)24-7-8-25-26(34-24)37(23-9-12-36(25)18-23)27(38)33-22-6-1-3-19(15-22)17-35-13-10-32-11-14-35/h1-8,15-16,23,27,32-33,38H,9-14,17-18H2/t23-,27?/m0/s1. The van der Waals surface area contributed by atoms with Gasteiger partial charge in [0.05, 0.1) is 23.0 Å². The van der Waals surface area contributed by atoms with Crippen molar-refractivity contribution in [3.05, 3.63) is 71.8 Å². The van der Waals surface area contributed by atoms with Crippen molar-refractivity contribution in [1.82, 2.24) is 15.2 Å². The number of nitrogens with zero attached hydrogens (tertiary/aromatic N) is 4. The summed E-state index contributed by atoms with van der Waals surface area (Å²) in [5.41, 5.74) is 2.97. The van der Waals surface area contributed by atoms with Crippen LogP contribution >= 0.6 is 0 Å². The maximum atomic E-state index is 13.3. The quantitative estimate of drug-likeness (QED) is 0.422. The number of alkyl halides is 3. The summed E-state index contributed by atoms with van der Waals surface area (Å²) >= 11 is 0. The lowest BCUT2D eigenvalue weighted by Crippen LogP contribution is -2.51. The van der Waals surface area contributed by atoms with Gasteiger partial charge in [-0.05, 0) is 48.4 Å². The minimum absolute atomic E-state index is 0.0401. The van der Waals surface area contributed by atoms with Gasteiger partial charge in [-0.25, -0.2) is 4.98 Å². The van der Waals surface area contributed by atoms with Crippen LogP contribution in [0.3, 0.4) is 0 Å². The third kappa shape index (κ3) is 5.03. The molecular formula is C28H31F3N6O. The first-order valence-corrected chi connectivity index (χ1v) is 13.0. The van der Waals surface area contributed by atoms with Gasteiger partial charge in [-0.3, -0.25) is 4.90 Å². The summed E-state index contributed by atoms with van der Waals surface area (Å²) in [5.74, 6) is 0.575. The molecule has 3 N–H and O–H groups in total. The highest BCUT2D eigenvalue weighted by Crippen LogP contribution is 2.41. The molecule has 38 heavy (non-hydrogen) atoms. The van der Waals surface area contributed by atoms with Crippen molar-refractivity contribution >= 4 is 17.2 Å². The molecule has 1 aromatic heterocycles. The fourth-order valence-electron chi connectivity index (χ4n) is 5.68. The van der Waals surface area contributed by atoms with E-state index >= 15 is 0 Å². The van der Waals surface area contributed by atoms with Gasteiger partial charge in [0, 0.05) is 57.1 Å². The molecule has 3 aliphatic heterocycles. The Balaban J connectivity index is 1.26. The van der Waals surface area contributed by atoms with Crippen LogP contribution in [0.5, 0.6) is 0 Å². The molecule has 2 saturated heterocycles. The third-order valence-corrected chi connectivity index (χ3v) is 7.58. The number of piperazine rings is 1. The monoisotopic (exact) mass is 524 g/mol. The second-order valence-electron chi connectivity index (χ2n) is 10.2. The van der Waals surface area contributed by atoms with Gasteiger partial charge in [-0.1, -0.05) is 24.3 Å². The zero-order valence-corrected chi connectivity index (χ0v) is 21.0. The van der Waals surface area contributed by atoms with E-state index in [1.54, 1.807) is 12.1 Å². The Labute approximate surface area is 219 Å². The first kappa shape index (κ1) is 25.0. The largest absolute Gasteiger partial charge is 0.416 e. The van der Waals surface area contributed by atoms with Gasteiger partial charge in [-0.15, -0.1) is 0 Å². The highest BCUT2D eigenvalue weighted by molar-refractivity contribution is 5.76. The molecule has 4 heterocycles. The smallest absolute Gasteiger partial charge is 0.366 e. The van der Waals surface area contributed by atoms with Gasteiger partial charge in [0.2, 0.25) is 6.35 Å². The highest BCUT2D eigenvalue weighted by Gasteiger charge is 2.40. The van der Waals surface area contributed by atoms with Crippen molar-refractivity contribution < 1.29 is 18.3 Å². The molecule has 0 amide bonds. The van der Waals surface area contributed by atoms with E-state index in [-0.39, 0.29) is 6.04 Å². The van der Waals surface area contributed by atoms with Crippen LogP contribution in [0.1, 0.15) is 17.5 Å². The van der Waals surface area contributed by atoms with Crippen LogP contribution in [0.4, 0.5) is 30.4 Å². The van der Waals surface area contributed by atoms with E-state index in [1.807, 2.05) is 23.1 Å². The van der Waals surface area contributed by atoms with Crippen LogP contribution in [0.15, 0.2) is 60.7 Å². The molecule has 200 valence electrons. The van der Waals surface area contributed by atoms with Crippen LogP contribution in [0.2, 0.25) is 0 Å². The van der Waals surface area contributed by atoms with Gasteiger partial charge in [0.15, 0.2) is 5.82 Å². The van der Waals surface area contributed by atoms with Crippen molar-refractivity contribution in [3.8, 4) is 11.3 Å². The molecule has 0 aliphatic carbocycles. The highest BCUT2D eigenvalue weighted by atomic mass is 19.4. The summed E-state index contributed by atoms with van der Waals surface area (Å²) in [6.07, 6.45) is -4.62. The zero-order chi connectivity index (χ0) is 26.3. The molecule has 10 heteroatoms. The topological polar surface area (TPSA) is 66.9 Å². The summed E-state index contributed by atoms with van der Waals surface area (Å²) in [4.78, 5) is 11.3. The third-order valence-electron chi connectivity index (χ3n) is 7.58. The summed E-state index contributed by atoms with van der Waals surface area (Å²) < 4.78 is 40.0. The van der Waals surface area contributed by atoms with Gasteiger partial charge < -0.3 is 25.5 Å². The van der Waals surface area contributed by atoms with E-state index in [1.165, 1.54) is 11.6 Å². The molecule has 2 aromatic carbocycles. The molecule has 2 bridgehead atoms. The second kappa shape index (κ2) is 10.1. The predicted molar refractivity (Wildman–Crippen MR) is 142 cm³/mol. The van der Waals surface area contributed by atoms with E-state index in [4.69, 9.17) is 4.98 Å². The van der Waals surface area contributed by atoms with Crippen LogP contribution < -0.4 is 20.4 Å². The van der Waals surface area contributed by atoms with Crippen LogP contribution in [0, 0.1) is 0 Å². The number of halogens is 3. The Morgan fingerprint density at radius 2 is 1.84 bits per heavy atom. The number of hydrogen-bond donors (Lipinski definition) is 3. The van der Waals surface area contributed by atoms with Gasteiger partial charge >= 0.3 is 6.18 Å². The summed E-state index contributed by atoms with van der Waals surface area (Å²) in [6.45, 7) is 6.42. The number of aliphatic hydroxyl groups excluding tert-OH is 1. The number of hydrogen-bond acceptors (Lipinski definition) is 7. The SMILES string of the molecule is OC(Nc1cccc(CN2CCNCC2)c1)N1c2nc(-c3cccc(C(F)(F)F)c3)ccc2N2CC[C@H]1C2. The molecule has 0 spiro atoms. The van der Waals surface area contributed by atoms with E-state index in [9.17, 15) is 18.3 Å². The minimum Gasteiger partial charge on any atom is -0.366 e. The molecule has 0 saturated carbocycles. The lowest BCUT2D eigenvalue weighted by atomic mass is 10.1. The van der Waals surface area contributed by atoms with E-state index in [2.05, 4.69) is 32.6 Å². The molecule has 3 aliphatic rings. The number of fused-ring (bicyclic) bond motifs is 4. The Morgan fingerprint density at radius 3 is 2.66 bits per heavy atom. The van der Waals surface area contributed by atoms with Crippen LogP contribution in [-0.4, -0.2) is 66.7 Å². The predicted octanol–water partition coefficient (Wildman–Crippen LogP) is 3.96. The van der Waals surface area contributed by atoms with Gasteiger partial charge in [0.1, 0.15) is 0 Å². The Morgan fingerprint density at radius 1 is 1.03 bits per heavy atom. The second-order valence-corrected chi connectivity index (χ2v) is 10.2. The number of benzene rings is 2. The van der Waals surface area contributed by atoms with Crippen molar-refractivity contribution in [2.45, 2.75) is 31.5 Å². The summed E-state index contributed by atoms with van der Waals surface area (Å²) in [7, 11) is 0. The molecule has 3 aromatic rings.